The lowest BCUT2D eigenvalue weighted by molar-refractivity contribution is -0.136. The van der Waals surface area contributed by atoms with E-state index in [4.69, 9.17) is 0 Å². The summed E-state index contributed by atoms with van der Waals surface area (Å²) in [5.41, 5.74) is 1.36. The van der Waals surface area contributed by atoms with Crippen LogP contribution in [-0.2, 0) is 13.2 Å². The topological polar surface area (TPSA) is 77.6 Å². The second-order valence-electron chi connectivity index (χ2n) is 7.96. The average molecular weight is 476 g/mol. The first kappa shape index (κ1) is 22.3. The van der Waals surface area contributed by atoms with Crippen molar-refractivity contribution >= 4 is 22.6 Å². The molecule has 1 amide bonds. The van der Waals surface area contributed by atoms with Crippen molar-refractivity contribution in [2.45, 2.75) is 13.1 Å². The Hall–Kier alpha value is -4.47. The van der Waals surface area contributed by atoms with Crippen molar-refractivity contribution < 1.29 is 18.0 Å². The van der Waals surface area contributed by atoms with E-state index in [1.807, 2.05) is 30.3 Å². The normalized spacial score (nSPS) is 11.7. The third-order valence-corrected chi connectivity index (χ3v) is 5.61. The minimum Gasteiger partial charge on any atom is -0.321 e. The molecule has 0 unspecified atom stereocenters. The van der Waals surface area contributed by atoms with Crippen molar-refractivity contribution in [1.29, 1.82) is 0 Å². The molecule has 10 heteroatoms. The molecule has 5 aromatic rings. The number of alkyl halides is 3. The smallest absolute Gasteiger partial charge is 0.321 e. The maximum absolute atomic E-state index is 13.9. The van der Waals surface area contributed by atoms with Gasteiger partial charge in [-0.2, -0.15) is 23.4 Å². The van der Waals surface area contributed by atoms with Gasteiger partial charge in [0.25, 0.3) is 5.91 Å². The van der Waals surface area contributed by atoms with Crippen LogP contribution in [0, 0.1) is 6.92 Å². The number of hydrogen-bond acceptors (Lipinski definition) is 4. The lowest BCUT2D eigenvalue weighted by atomic mass is 10.0. The molecule has 3 heterocycles. The summed E-state index contributed by atoms with van der Waals surface area (Å²) >= 11 is 0. The minimum absolute atomic E-state index is 0.184. The molecule has 0 saturated carbocycles. The third-order valence-electron chi connectivity index (χ3n) is 5.61. The third kappa shape index (κ3) is 4.14. The van der Waals surface area contributed by atoms with Crippen LogP contribution in [-0.4, -0.2) is 30.5 Å². The van der Waals surface area contributed by atoms with E-state index in [0.29, 0.717) is 22.4 Å². The number of carbonyl (C=O) groups excluding carboxylic acids is 1. The molecule has 0 radical (unpaired) electrons. The van der Waals surface area contributed by atoms with Gasteiger partial charge in [-0.1, -0.05) is 30.3 Å². The first-order chi connectivity index (χ1) is 16.7. The van der Waals surface area contributed by atoms with E-state index >= 15 is 0 Å². The van der Waals surface area contributed by atoms with Gasteiger partial charge < -0.3 is 5.32 Å². The molecule has 0 saturated heterocycles. The number of pyridine rings is 1. The number of halogens is 3. The van der Waals surface area contributed by atoms with Crippen molar-refractivity contribution in [1.82, 2.24) is 24.5 Å². The summed E-state index contributed by atoms with van der Waals surface area (Å²) in [6, 6.07) is 16.0. The highest BCUT2D eigenvalue weighted by atomic mass is 19.4. The van der Waals surface area contributed by atoms with Crippen molar-refractivity contribution in [3.63, 3.8) is 0 Å². The predicted molar refractivity (Wildman–Crippen MR) is 125 cm³/mol. The number of anilines is 1. The Morgan fingerprint density at radius 1 is 1.03 bits per heavy atom. The van der Waals surface area contributed by atoms with E-state index in [2.05, 4.69) is 20.5 Å². The second kappa shape index (κ2) is 8.39. The summed E-state index contributed by atoms with van der Waals surface area (Å²) in [5, 5.41) is 11.3. The molecule has 5 rings (SSSR count). The Morgan fingerprint density at radius 2 is 1.80 bits per heavy atom. The van der Waals surface area contributed by atoms with Gasteiger partial charge in [-0.3, -0.25) is 9.48 Å². The summed E-state index contributed by atoms with van der Waals surface area (Å²) in [7, 11) is 1.70. The molecular weight excluding hydrogens is 457 g/mol. The monoisotopic (exact) mass is 476 g/mol. The fourth-order valence-electron chi connectivity index (χ4n) is 4.01. The van der Waals surface area contributed by atoms with Crippen LogP contribution in [0.25, 0.3) is 28.0 Å². The Labute approximate surface area is 197 Å². The highest BCUT2D eigenvalue weighted by Crippen LogP contribution is 2.37. The number of amides is 1. The fourth-order valence-corrected chi connectivity index (χ4v) is 4.01. The number of rotatable bonds is 4. The number of aromatic nitrogens is 5. The maximum atomic E-state index is 13.9. The number of fused-ring (bicyclic) bond motifs is 1. The van der Waals surface area contributed by atoms with Crippen LogP contribution in [0.15, 0.2) is 73.1 Å². The number of nitrogens with one attached hydrogen (secondary N) is 1. The van der Waals surface area contributed by atoms with Crippen LogP contribution < -0.4 is 5.32 Å². The standard InChI is InChI=1S/C25H19F3N6O/c1-15-22-18(14-21(16-7-4-3-5-8-16)30-23(22)33(2)32-15)24(35)31-20-10-9-17(34-12-6-11-29-34)13-19(20)25(26,27)28/h3-14H,1-2H3,(H,31,35). The van der Waals surface area contributed by atoms with Gasteiger partial charge in [0.2, 0.25) is 0 Å². The molecule has 0 aliphatic rings. The summed E-state index contributed by atoms with van der Waals surface area (Å²) in [5.74, 6) is -0.692. The van der Waals surface area contributed by atoms with Gasteiger partial charge in [0.15, 0.2) is 5.65 Å². The predicted octanol–water partition coefficient (Wildman–Crippen LogP) is 5.40. The summed E-state index contributed by atoms with van der Waals surface area (Å²) < 4.78 is 44.6. The Morgan fingerprint density at radius 3 is 2.49 bits per heavy atom. The quantitative estimate of drug-likeness (QED) is 0.377. The zero-order valence-corrected chi connectivity index (χ0v) is 18.7. The lowest BCUT2D eigenvalue weighted by Gasteiger charge is -2.16. The number of aryl methyl sites for hydroxylation is 2. The summed E-state index contributed by atoms with van der Waals surface area (Å²) in [6.45, 7) is 1.73. The van der Waals surface area contributed by atoms with E-state index < -0.39 is 17.6 Å². The van der Waals surface area contributed by atoms with Gasteiger partial charge >= 0.3 is 6.18 Å². The number of carbonyl (C=O) groups is 1. The maximum Gasteiger partial charge on any atom is 0.418 e. The molecule has 0 bridgehead atoms. The zero-order valence-electron chi connectivity index (χ0n) is 18.7. The van der Waals surface area contributed by atoms with E-state index in [9.17, 15) is 18.0 Å². The first-order valence-electron chi connectivity index (χ1n) is 10.6. The molecule has 7 nitrogen and oxygen atoms in total. The molecule has 35 heavy (non-hydrogen) atoms. The molecule has 0 atom stereocenters. The van der Waals surface area contributed by atoms with Gasteiger partial charge in [0, 0.05) is 25.0 Å². The van der Waals surface area contributed by atoms with E-state index in [1.165, 1.54) is 29.2 Å². The molecule has 0 aliphatic carbocycles. The molecule has 0 aliphatic heterocycles. The largest absolute Gasteiger partial charge is 0.418 e. The van der Waals surface area contributed by atoms with Crippen LogP contribution in [0.1, 0.15) is 21.6 Å². The fraction of sp³-hybridized carbons (Fsp3) is 0.120. The van der Waals surface area contributed by atoms with Gasteiger partial charge in [-0.05, 0) is 37.3 Å². The van der Waals surface area contributed by atoms with Gasteiger partial charge in [0.05, 0.1) is 39.3 Å². The molecule has 3 aromatic heterocycles. The molecular formula is C25H19F3N6O. The van der Waals surface area contributed by atoms with E-state index in [0.717, 1.165) is 11.6 Å². The highest BCUT2D eigenvalue weighted by molar-refractivity contribution is 6.13. The van der Waals surface area contributed by atoms with Crippen LogP contribution >= 0.6 is 0 Å². The van der Waals surface area contributed by atoms with Gasteiger partial charge in [-0.15, -0.1) is 0 Å². The van der Waals surface area contributed by atoms with Crippen LogP contribution in [0.5, 0.6) is 0 Å². The van der Waals surface area contributed by atoms with Crippen LogP contribution in [0.2, 0.25) is 0 Å². The Balaban J connectivity index is 1.61. The zero-order chi connectivity index (χ0) is 24.7. The molecule has 176 valence electrons. The molecule has 2 aromatic carbocycles. The van der Waals surface area contributed by atoms with Gasteiger partial charge in [0.1, 0.15) is 0 Å². The van der Waals surface area contributed by atoms with E-state index in [-0.39, 0.29) is 16.9 Å². The number of hydrogen-bond donors (Lipinski definition) is 1. The SMILES string of the molecule is Cc1nn(C)c2nc(-c3ccccc3)cc(C(=O)Nc3ccc(-n4cccn4)cc3C(F)(F)F)c12. The Kier molecular flexibility index (Phi) is 5.35. The average Bonchev–Trinajstić information content (AvgIpc) is 3.47. The van der Waals surface area contributed by atoms with Crippen LogP contribution in [0.3, 0.4) is 0 Å². The van der Waals surface area contributed by atoms with E-state index in [1.54, 1.807) is 30.8 Å². The van der Waals surface area contributed by atoms with Crippen molar-refractivity contribution in [2.75, 3.05) is 5.32 Å². The van der Waals surface area contributed by atoms with Crippen molar-refractivity contribution in [3.05, 3.63) is 89.9 Å². The number of nitrogens with zero attached hydrogens (tertiary/aromatic N) is 5. The lowest BCUT2D eigenvalue weighted by Crippen LogP contribution is -2.18. The van der Waals surface area contributed by atoms with Crippen molar-refractivity contribution in [2.24, 2.45) is 7.05 Å². The Bertz CT molecular complexity index is 1540. The molecule has 1 N–H and O–H groups in total. The first-order valence-corrected chi connectivity index (χ1v) is 10.6. The van der Waals surface area contributed by atoms with Crippen LogP contribution in [0.4, 0.5) is 18.9 Å². The minimum atomic E-state index is -4.70. The molecule has 0 fully saturated rings. The van der Waals surface area contributed by atoms with Crippen molar-refractivity contribution in [3.8, 4) is 16.9 Å². The number of benzene rings is 2. The summed E-state index contributed by atoms with van der Waals surface area (Å²) in [4.78, 5) is 18.0. The molecule has 0 spiro atoms. The summed E-state index contributed by atoms with van der Waals surface area (Å²) in [6.07, 6.45) is -1.69. The second-order valence-corrected chi connectivity index (χ2v) is 7.96. The highest BCUT2D eigenvalue weighted by Gasteiger charge is 2.35. The van der Waals surface area contributed by atoms with Gasteiger partial charge in [-0.25, -0.2) is 9.67 Å².